The topological polar surface area (TPSA) is 18.5 Å². The van der Waals surface area contributed by atoms with Gasteiger partial charge in [0.2, 0.25) is 0 Å². The minimum absolute atomic E-state index is 0.713. The number of piperidine rings is 1. The summed E-state index contributed by atoms with van der Waals surface area (Å²) in [6.07, 6.45) is 4.02. The van der Waals surface area contributed by atoms with Crippen LogP contribution in [-0.4, -0.2) is 61.7 Å². The van der Waals surface area contributed by atoms with Crippen LogP contribution in [0.5, 0.6) is 0 Å². The van der Waals surface area contributed by atoms with E-state index in [1.54, 1.807) is 0 Å². The molecule has 2 rings (SSSR count). The van der Waals surface area contributed by atoms with E-state index in [1.807, 2.05) is 0 Å². The molecule has 0 radical (unpaired) electrons. The summed E-state index contributed by atoms with van der Waals surface area (Å²) in [4.78, 5) is 5.09. The maximum atomic E-state index is 3.79. The van der Waals surface area contributed by atoms with Crippen LogP contribution in [0.4, 0.5) is 0 Å². The fraction of sp³-hybridized carbons (Fsp3) is 1.00. The van der Waals surface area contributed by atoms with Crippen molar-refractivity contribution in [3.8, 4) is 0 Å². The largest absolute Gasteiger partial charge is 0.312 e. The van der Waals surface area contributed by atoms with Crippen LogP contribution < -0.4 is 5.32 Å². The molecule has 2 fully saturated rings. The van der Waals surface area contributed by atoms with Gasteiger partial charge in [0, 0.05) is 31.7 Å². The molecule has 4 unspecified atom stereocenters. The molecule has 2 aliphatic rings. The maximum absolute atomic E-state index is 3.79. The molecule has 0 aliphatic carbocycles. The molecule has 2 aliphatic heterocycles. The summed E-state index contributed by atoms with van der Waals surface area (Å²) in [6.45, 7) is 10.9. The van der Waals surface area contributed by atoms with Gasteiger partial charge in [-0.25, -0.2) is 0 Å². The standard InChI is InChI=1S/C14H29N3/c1-4-12(2)16(3)10-7-15-14-6-9-17-8-5-13(14)11-17/h12-15H,4-11H2,1-3H3. The molecule has 0 aromatic heterocycles. The summed E-state index contributed by atoms with van der Waals surface area (Å²) < 4.78 is 0. The molecular formula is C14H29N3. The van der Waals surface area contributed by atoms with Crippen molar-refractivity contribution >= 4 is 0 Å². The Morgan fingerprint density at radius 1 is 1.35 bits per heavy atom. The van der Waals surface area contributed by atoms with E-state index in [0.717, 1.165) is 18.5 Å². The van der Waals surface area contributed by atoms with Crippen molar-refractivity contribution in [2.24, 2.45) is 5.92 Å². The highest BCUT2D eigenvalue weighted by atomic mass is 15.2. The number of fused-ring (bicyclic) bond motifs is 2. The third-order valence-electron chi connectivity index (χ3n) is 4.85. The molecule has 4 atom stereocenters. The second-order valence-corrected chi connectivity index (χ2v) is 5.94. The van der Waals surface area contributed by atoms with Crippen molar-refractivity contribution in [2.45, 2.75) is 45.2 Å². The average Bonchev–Trinajstić information content (AvgIpc) is 2.73. The van der Waals surface area contributed by atoms with Gasteiger partial charge in [0.15, 0.2) is 0 Å². The van der Waals surface area contributed by atoms with E-state index < -0.39 is 0 Å². The van der Waals surface area contributed by atoms with Gasteiger partial charge in [-0.05, 0) is 52.2 Å². The Kier molecular flexibility index (Phi) is 4.83. The lowest BCUT2D eigenvalue weighted by atomic mass is 9.94. The maximum Gasteiger partial charge on any atom is 0.0121 e. The van der Waals surface area contributed by atoms with Crippen LogP contribution in [0.15, 0.2) is 0 Å². The van der Waals surface area contributed by atoms with Gasteiger partial charge >= 0.3 is 0 Å². The molecule has 2 saturated heterocycles. The van der Waals surface area contributed by atoms with Crippen molar-refractivity contribution in [2.75, 3.05) is 39.8 Å². The van der Waals surface area contributed by atoms with Crippen LogP contribution in [0.2, 0.25) is 0 Å². The molecule has 3 heteroatoms. The minimum atomic E-state index is 0.713. The van der Waals surface area contributed by atoms with Gasteiger partial charge in [0.1, 0.15) is 0 Å². The SMILES string of the molecule is CCC(C)N(C)CCNC1CCN2CCC1C2. The van der Waals surface area contributed by atoms with Gasteiger partial charge in [0.05, 0.1) is 0 Å². The van der Waals surface area contributed by atoms with Crippen molar-refractivity contribution in [3.05, 3.63) is 0 Å². The third kappa shape index (κ3) is 3.43. The van der Waals surface area contributed by atoms with Crippen LogP contribution in [0.3, 0.4) is 0 Å². The van der Waals surface area contributed by atoms with Gasteiger partial charge in [-0.2, -0.15) is 0 Å². The van der Waals surface area contributed by atoms with Crippen LogP contribution in [0.1, 0.15) is 33.1 Å². The minimum Gasteiger partial charge on any atom is -0.312 e. The second-order valence-electron chi connectivity index (χ2n) is 5.94. The molecule has 2 heterocycles. The Morgan fingerprint density at radius 3 is 2.88 bits per heavy atom. The van der Waals surface area contributed by atoms with Crippen LogP contribution in [-0.2, 0) is 0 Å². The smallest absolute Gasteiger partial charge is 0.0121 e. The molecule has 0 saturated carbocycles. The molecule has 3 nitrogen and oxygen atoms in total. The van der Waals surface area contributed by atoms with Crippen molar-refractivity contribution in [1.29, 1.82) is 0 Å². The van der Waals surface area contributed by atoms with E-state index in [4.69, 9.17) is 0 Å². The lowest BCUT2D eigenvalue weighted by Gasteiger charge is -2.32. The van der Waals surface area contributed by atoms with E-state index in [2.05, 4.69) is 36.0 Å². The van der Waals surface area contributed by atoms with Crippen LogP contribution >= 0.6 is 0 Å². The number of rotatable bonds is 6. The Hall–Kier alpha value is -0.120. The zero-order chi connectivity index (χ0) is 12.3. The molecule has 100 valence electrons. The van der Waals surface area contributed by atoms with E-state index >= 15 is 0 Å². The first-order valence-corrected chi connectivity index (χ1v) is 7.36. The molecular weight excluding hydrogens is 210 g/mol. The zero-order valence-electron chi connectivity index (χ0n) is 11.8. The number of hydrogen-bond donors (Lipinski definition) is 1. The Bertz CT molecular complexity index is 232. The summed E-state index contributed by atoms with van der Waals surface area (Å²) in [5.41, 5.74) is 0. The first kappa shape index (κ1) is 13.3. The molecule has 1 N–H and O–H groups in total. The predicted molar refractivity (Wildman–Crippen MR) is 73.3 cm³/mol. The second kappa shape index (κ2) is 6.17. The lowest BCUT2D eigenvalue weighted by molar-refractivity contribution is 0.205. The first-order valence-electron chi connectivity index (χ1n) is 7.36. The van der Waals surface area contributed by atoms with Gasteiger partial charge in [-0.3, -0.25) is 0 Å². The fourth-order valence-electron chi connectivity index (χ4n) is 3.18. The molecule has 0 aromatic rings. The molecule has 2 bridgehead atoms. The third-order valence-corrected chi connectivity index (χ3v) is 4.85. The van der Waals surface area contributed by atoms with Gasteiger partial charge in [-0.15, -0.1) is 0 Å². The average molecular weight is 239 g/mol. The lowest BCUT2D eigenvalue weighted by Crippen LogP contribution is -2.46. The normalized spacial score (nSPS) is 34.2. The summed E-state index contributed by atoms with van der Waals surface area (Å²) in [7, 11) is 2.24. The van der Waals surface area contributed by atoms with E-state index in [0.29, 0.717) is 6.04 Å². The Balaban J connectivity index is 1.65. The first-order chi connectivity index (χ1) is 8.20. The molecule has 0 amide bonds. The van der Waals surface area contributed by atoms with Gasteiger partial charge in [0.25, 0.3) is 0 Å². The summed E-state index contributed by atoms with van der Waals surface area (Å²) in [5, 5.41) is 3.79. The number of nitrogens with one attached hydrogen (secondary N) is 1. The van der Waals surface area contributed by atoms with Gasteiger partial charge in [-0.1, -0.05) is 6.92 Å². The van der Waals surface area contributed by atoms with Crippen LogP contribution in [0.25, 0.3) is 0 Å². The van der Waals surface area contributed by atoms with Gasteiger partial charge < -0.3 is 15.1 Å². The molecule has 0 aromatic carbocycles. The van der Waals surface area contributed by atoms with Crippen molar-refractivity contribution < 1.29 is 0 Å². The summed E-state index contributed by atoms with van der Waals surface area (Å²) >= 11 is 0. The summed E-state index contributed by atoms with van der Waals surface area (Å²) in [6, 6.07) is 1.50. The zero-order valence-corrected chi connectivity index (χ0v) is 11.8. The highest BCUT2D eigenvalue weighted by Crippen LogP contribution is 2.26. The van der Waals surface area contributed by atoms with Crippen molar-refractivity contribution in [3.63, 3.8) is 0 Å². The highest BCUT2D eigenvalue weighted by Gasteiger charge is 2.33. The number of likely N-dealkylation sites (N-methyl/N-ethyl adjacent to an activating group) is 1. The number of nitrogens with zero attached hydrogens (tertiary/aromatic N) is 2. The van der Waals surface area contributed by atoms with E-state index in [-0.39, 0.29) is 0 Å². The predicted octanol–water partition coefficient (Wildman–Crippen LogP) is 1.40. The number of hydrogen-bond acceptors (Lipinski definition) is 3. The fourth-order valence-corrected chi connectivity index (χ4v) is 3.18. The Labute approximate surface area is 107 Å². The monoisotopic (exact) mass is 239 g/mol. The highest BCUT2D eigenvalue weighted by molar-refractivity contribution is 4.90. The molecule has 17 heavy (non-hydrogen) atoms. The Morgan fingerprint density at radius 2 is 2.12 bits per heavy atom. The van der Waals surface area contributed by atoms with E-state index in [1.165, 1.54) is 45.4 Å². The van der Waals surface area contributed by atoms with Crippen LogP contribution in [0, 0.1) is 5.92 Å². The van der Waals surface area contributed by atoms with E-state index in [9.17, 15) is 0 Å². The quantitative estimate of drug-likeness (QED) is 0.756. The molecule has 0 spiro atoms. The summed E-state index contributed by atoms with van der Waals surface area (Å²) in [5.74, 6) is 0.928. The van der Waals surface area contributed by atoms with Crippen molar-refractivity contribution in [1.82, 2.24) is 15.1 Å².